The van der Waals surface area contributed by atoms with E-state index in [4.69, 9.17) is 9.47 Å². The van der Waals surface area contributed by atoms with Crippen molar-refractivity contribution in [2.75, 3.05) is 25.2 Å². The predicted molar refractivity (Wildman–Crippen MR) is 99.0 cm³/mol. The lowest BCUT2D eigenvalue weighted by molar-refractivity contribution is 0.316. The summed E-state index contributed by atoms with van der Waals surface area (Å²) in [7, 11) is 1.65. The molecule has 1 aromatic carbocycles. The number of pyridine rings is 1. The zero-order chi connectivity index (χ0) is 16.8. The molecule has 0 aliphatic rings. The van der Waals surface area contributed by atoms with Gasteiger partial charge in [-0.1, -0.05) is 6.92 Å². The second-order valence-electron chi connectivity index (χ2n) is 5.22. The van der Waals surface area contributed by atoms with Gasteiger partial charge in [-0.15, -0.1) is 0 Å². The average Bonchev–Trinajstić information content (AvgIpc) is 3.05. The Kier molecular flexibility index (Phi) is 5.59. The van der Waals surface area contributed by atoms with Gasteiger partial charge in [0.25, 0.3) is 0 Å². The molecule has 0 fully saturated rings. The van der Waals surface area contributed by atoms with Crippen LogP contribution in [0.5, 0.6) is 11.5 Å². The monoisotopic (exact) mass is 343 g/mol. The molecule has 3 rings (SSSR count). The van der Waals surface area contributed by atoms with E-state index in [0.717, 1.165) is 46.3 Å². The maximum absolute atomic E-state index is 5.81. The normalized spacial score (nSPS) is 10.9. The molecule has 126 valence electrons. The Labute approximate surface area is 145 Å². The number of benzene rings is 1. The number of rotatable bonds is 8. The highest BCUT2D eigenvalue weighted by molar-refractivity contribution is 7.99. The summed E-state index contributed by atoms with van der Waals surface area (Å²) in [5, 5.41) is 0. The molecule has 0 aliphatic heterocycles. The van der Waals surface area contributed by atoms with Gasteiger partial charge in [0.05, 0.1) is 24.8 Å². The molecule has 0 spiro atoms. The summed E-state index contributed by atoms with van der Waals surface area (Å²) >= 11 is 1.93. The molecule has 0 atom stereocenters. The fraction of sp³-hybridized carbons (Fsp3) is 0.333. The minimum atomic E-state index is 0.698. The Morgan fingerprint density at radius 3 is 2.96 bits per heavy atom. The summed E-state index contributed by atoms with van der Waals surface area (Å²) in [6.07, 6.45) is 2.77. The van der Waals surface area contributed by atoms with Crippen LogP contribution in [0.1, 0.15) is 13.3 Å². The van der Waals surface area contributed by atoms with Crippen LogP contribution in [0, 0.1) is 0 Å². The van der Waals surface area contributed by atoms with Crippen molar-refractivity contribution in [2.24, 2.45) is 0 Å². The van der Waals surface area contributed by atoms with Gasteiger partial charge in [0.2, 0.25) is 0 Å². The van der Waals surface area contributed by atoms with Crippen LogP contribution in [0.15, 0.2) is 36.5 Å². The molecule has 0 unspecified atom stereocenters. The first-order valence-corrected chi connectivity index (χ1v) is 9.17. The third-order valence-electron chi connectivity index (χ3n) is 3.59. The van der Waals surface area contributed by atoms with Crippen LogP contribution < -0.4 is 9.47 Å². The SMILES string of the molecule is CCSCCCOc1ccc(-c2nc3ncccc3[nH]2)c(OC)c1. The fourth-order valence-electron chi connectivity index (χ4n) is 2.42. The molecule has 0 radical (unpaired) electrons. The molecule has 1 N–H and O–H groups in total. The average molecular weight is 343 g/mol. The lowest BCUT2D eigenvalue weighted by Gasteiger charge is -2.10. The van der Waals surface area contributed by atoms with Crippen molar-refractivity contribution in [2.45, 2.75) is 13.3 Å². The maximum atomic E-state index is 5.81. The van der Waals surface area contributed by atoms with Crippen LogP contribution in [0.25, 0.3) is 22.6 Å². The van der Waals surface area contributed by atoms with E-state index in [0.29, 0.717) is 12.3 Å². The molecule has 0 saturated carbocycles. The van der Waals surface area contributed by atoms with Crippen molar-refractivity contribution in [1.29, 1.82) is 0 Å². The first kappa shape index (κ1) is 16.6. The summed E-state index contributed by atoms with van der Waals surface area (Å²) in [5.74, 6) is 4.55. The minimum absolute atomic E-state index is 0.698. The Hall–Kier alpha value is -2.21. The Morgan fingerprint density at radius 1 is 1.25 bits per heavy atom. The van der Waals surface area contributed by atoms with E-state index >= 15 is 0 Å². The van der Waals surface area contributed by atoms with E-state index in [1.807, 2.05) is 42.1 Å². The van der Waals surface area contributed by atoms with E-state index in [1.54, 1.807) is 13.3 Å². The first-order chi connectivity index (χ1) is 11.8. The van der Waals surface area contributed by atoms with Gasteiger partial charge >= 0.3 is 0 Å². The number of hydrogen-bond acceptors (Lipinski definition) is 5. The highest BCUT2D eigenvalue weighted by atomic mass is 32.2. The van der Waals surface area contributed by atoms with E-state index < -0.39 is 0 Å². The summed E-state index contributed by atoms with van der Waals surface area (Å²) in [5.41, 5.74) is 2.50. The summed E-state index contributed by atoms with van der Waals surface area (Å²) < 4.78 is 11.3. The number of nitrogens with one attached hydrogen (secondary N) is 1. The number of aromatic amines is 1. The van der Waals surface area contributed by atoms with Gasteiger partial charge in [-0.3, -0.25) is 0 Å². The fourth-order valence-corrected chi connectivity index (χ4v) is 3.04. The molecule has 2 aromatic heterocycles. The van der Waals surface area contributed by atoms with Gasteiger partial charge in [-0.25, -0.2) is 9.97 Å². The molecular weight excluding hydrogens is 322 g/mol. The molecule has 0 aliphatic carbocycles. The third kappa shape index (κ3) is 3.82. The second-order valence-corrected chi connectivity index (χ2v) is 6.61. The van der Waals surface area contributed by atoms with E-state index in [2.05, 4.69) is 21.9 Å². The topological polar surface area (TPSA) is 60.0 Å². The van der Waals surface area contributed by atoms with Crippen LogP contribution in [0.2, 0.25) is 0 Å². The maximum Gasteiger partial charge on any atom is 0.178 e. The van der Waals surface area contributed by atoms with Gasteiger partial charge in [0, 0.05) is 12.3 Å². The van der Waals surface area contributed by atoms with Crippen molar-refractivity contribution in [1.82, 2.24) is 15.0 Å². The summed E-state index contributed by atoms with van der Waals surface area (Å²) in [4.78, 5) is 12.1. The zero-order valence-electron chi connectivity index (χ0n) is 13.9. The van der Waals surface area contributed by atoms with Crippen molar-refractivity contribution in [3.8, 4) is 22.9 Å². The molecule has 24 heavy (non-hydrogen) atoms. The smallest absolute Gasteiger partial charge is 0.178 e. The van der Waals surface area contributed by atoms with Gasteiger partial charge in [-0.05, 0) is 42.2 Å². The standard InChI is InChI=1S/C18H21N3O2S/c1-3-24-11-5-10-23-13-7-8-14(16(12-13)22-2)17-20-15-6-4-9-19-18(15)21-17/h4,6-9,12H,3,5,10-11H2,1-2H3,(H,19,20,21). The highest BCUT2D eigenvalue weighted by Crippen LogP contribution is 2.32. The molecule has 6 heteroatoms. The van der Waals surface area contributed by atoms with Gasteiger partial charge in [0.15, 0.2) is 5.65 Å². The van der Waals surface area contributed by atoms with Crippen molar-refractivity contribution in [3.63, 3.8) is 0 Å². The highest BCUT2D eigenvalue weighted by Gasteiger charge is 2.12. The Bertz CT molecular complexity index is 771. The zero-order valence-corrected chi connectivity index (χ0v) is 14.7. The van der Waals surface area contributed by atoms with Crippen molar-refractivity contribution < 1.29 is 9.47 Å². The first-order valence-electron chi connectivity index (χ1n) is 8.01. The van der Waals surface area contributed by atoms with Crippen LogP contribution in [0.4, 0.5) is 0 Å². The van der Waals surface area contributed by atoms with E-state index in [1.165, 1.54) is 0 Å². The molecule has 5 nitrogen and oxygen atoms in total. The van der Waals surface area contributed by atoms with Crippen LogP contribution in [-0.2, 0) is 0 Å². The number of fused-ring (bicyclic) bond motifs is 1. The van der Waals surface area contributed by atoms with E-state index in [-0.39, 0.29) is 0 Å². The second kappa shape index (κ2) is 8.06. The number of imidazole rings is 1. The minimum Gasteiger partial charge on any atom is -0.496 e. The summed E-state index contributed by atoms with van der Waals surface area (Å²) in [6, 6.07) is 9.66. The number of ether oxygens (including phenoxy) is 2. The van der Waals surface area contributed by atoms with Crippen molar-refractivity contribution >= 4 is 22.9 Å². The molecule has 0 amide bonds. The Morgan fingerprint density at radius 2 is 2.17 bits per heavy atom. The number of thioether (sulfide) groups is 1. The van der Waals surface area contributed by atoms with Gasteiger partial charge in [0.1, 0.15) is 17.3 Å². The van der Waals surface area contributed by atoms with E-state index in [9.17, 15) is 0 Å². The third-order valence-corrected chi connectivity index (χ3v) is 4.58. The van der Waals surface area contributed by atoms with Gasteiger partial charge < -0.3 is 14.5 Å². The predicted octanol–water partition coefficient (Wildman–Crippen LogP) is 4.16. The van der Waals surface area contributed by atoms with Crippen LogP contribution in [-0.4, -0.2) is 40.2 Å². The molecule has 0 saturated heterocycles. The number of aromatic nitrogens is 3. The number of nitrogens with zero attached hydrogens (tertiary/aromatic N) is 2. The Balaban J connectivity index is 1.76. The lowest BCUT2D eigenvalue weighted by atomic mass is 10.2. The molecule has 0 bridgehead atoms. The lowest BCUT2D eigenvalue weighted by Crippen LogP contribution is -1.99. The quantitative estimate of drug-likeness (QED) is 0.623. The number of hydrogen-bond donors (Lipinski definition) is 1. The number of methoxy groups -OCH3 is 1. The number of H-pyrrole nitrogens is 1. The van der Waals surface area contributed by atoms with Crippen LogP contribution in [0.3, 0.4) is 0 Å². The van der Waals surface area contributed by atoms with Gasteiger partial charge in [-0.2, -0.15) is 11.8 Å². The largest absolute Gasteiger partial charge is 0.496 e. The van der Waals surface area contributed by atoms with Crippen LogP contribution >= 0.6 is 11.8 Å². The molecular formula is C18H21N3O2S. The molecule has 3 aromatic rings. The molecule has 2 heterocycles. The summed E-state index contributed by atoms with van der Waals surface area (Å²) in [6.45, 7) is 2.88. The van der Waals surface area contributed by atoms with Crippen molar-refractivity contribution in [3.05, 3.63) is 36.5 Å².